The van der Waals surface area contributed by atoms with Gasteiger partial charge < -0.3 is 14.6 Å². The number of thiazole rings is 1. The second kappa shape index (κ2) is 8.24. The monoisotopic (exact) mass is 436 g/mol. The first-order valence-electron chi connectivity index (χ1n) is 10.4. The van der Waals surface area contributed by atoms with Gasteiger partial charge in [0.25, 0.3) is 5.91 Å². The number of pyridine rings is 1. The van der Waals surface area contributed by atoms with Crippen molar-refractivity contribution in [1.82, 2.24) is 29.2 Å². The number of ether oxygens (including phenoxy) is 1. The number of rotatable bonds is 6. The van der Waals surface area contributed by atoms with Gasteiger partial charge in [0.1, 0.15) is 11.5 Å². The Bertz CT molecular complexity index is 1230. The molecule has 1 aliphatic heterocycles. The minimum atomic E-state index is -0.195. The molecule has 1 saturated heterocycles. The molecule has 1 fully saturated rings. The first-order valence-corrected chi connectivity index (χ1v) is 11.3. The number of hydrogen-bond donors (Lipinski definition) is 1. The first kappa shape index (κ1) is 19.9. The van der Waals surface area contributed by atoms with Crippen LogP contribution in [0.5, 0.6) is 0 Å². The van der Waals surface area contributed by atoms with Gasteiger partial charge in [-0.2, -0.15) is 0 Å². The van der Waals surface area contributed by atoms with Gasteiger partial charge in [-0.25, -0.2) is 15.0 Å². The van der Waals surface area contributed by atoms with Crippen LogP contribution in [-0.4, -0.2) is 49.1 Å². The largest absolute Gasteiger partial charge is 0.376 e. The molecule has 0 aliphatic carbocycles. The molecular formula is C22H24N6O2S. The number of carbonyl (C=O) groups is 1. The molecule has 1 amide bonds. The lowest BCUT2D eigenvalue weighted by Gasteiger charge is -2.09. The average molecular weight is 437 g/mol. The van der Waals surface area contributed by atoms with Gasteiger partial charge in [-0.05, 0) is 38.8 Å². The van der Waals surface area contributed by atoms with Crippen LogP contribution < -0.4 is 5.32 Å². The quantitative estimate of drug-likeness (QED) is 0.502. The van der Waals surface area contributed by atoms with E-state index < -0.39 is 0 Å². The third-order valence-corrected chi connectivity index (χ3v) is 6.30. The molecule has 0 spiro atoms. The van der Waals surface area contributed by atoms with Crippen LogP contribution in [0.15, 0.2) is 36.0 Å². The number of aryl methyl sites for hydroxylation is 2. The van der Waals surface area contributed by atoms with Crippen LogP contribution in [0.1, 0.15) is 39.9 Å². The summed E-state index contributed by atoms with van der Waals surface area (Å²) in [4.78, 5) is 26.9. The summed E-state index contributed by atoms with van der Waals surface area (Å²) >= 11 is 1.64. The third kappa shape index (κ3) is 3.98. The minimum Gasteiger partial charge on any atom is -0.376 e. The summed E-state index contributed by atoms with van der Waals surface area (Å²) < 4.78 is 9.59. The maximum Gasteiger partial charge on any atom is 0.272 e. The summed E-state index contributed by atoms with van der Waals surface area (Å²) in [5.41, 5.74) is 2.89. The fraction of sp³-hybridized carbons (Fsp3) is 0.364. The number of hydrogen-bond acceptors (Lipinski definition) is 6. The van der Waals surface area contributed by atoms with Crippen molar-refractivity contribution in [2.24, 2.45) is 0 Å². The summed E-state index contributed by atoms with van der Waals surface area (Å²) in [5, 5.41) is 6.09. The Balaban J connectivity index is 1.45. The van der Waals surface area contributed by atoms with Crippen LogP contribution in [0.4, 0.5) is 0 Å². The summed E-state index contributed by atoms with van der Waals surface area (Å²) in [6.45, 7) is 5.89. The minimum absolute atomic E-state index is 0.0880. The maximum absolute atomic E-state index is 12.9. The summed E-state index contributed by atoms with van der Waals surface area (Å²) in [5.74, 6) is 1.33. The van der Waals surface area contributed by atoms with Gasteiger partial charge in [-0.1, -0.05) is 6.07 Å². The zero-order valence-electron chi connectivity index (χ0n) is 17.5. The molecule has 1 N–H and O–H groups in total. The Morgan fingerprint density at radius 2 is 2.19 bits per heavy atom. The lowest BCUT2D eigenvalue weighted by molar-refractivity contribution is 0.0855. The topological polar surface area (TPSA) is 86.3 Å². The van der Waals surface area contributed by atoms with Crippen LogP contribution in [0.25, 0.3) is 17.0 Å². The van der Waals surface area contributed by atoms with Crippen LogP contribution in [0.2, 0.25) is 0 Å². The zero-order chi connectivity index (χ0) is 21.4. The molecule has 4 aromatic heterocycles. The summed E-state index contributed by atoms with van der Waals surface area (Å²) in [6.07, 6.45) is 5.99. The maximum atomic E-state index is 12.9. The molecular weight excluding hydrogens is 412 g/mol. The van der Waals surface area contributed by atoms with Crippen LogP contribution >= 0.6 is 11.3 Å². The van der Waals surface area contributed by atoms with Crippen molar-refractivity contribution < 1.29 is 9.53 Å². The predicted octanol–water partition coefficient (Wildman–Crippen LogP) is 3.23. The average Bonchev–Trinajstić information content (AvgIpc) is 3.54. The lowest BCUT2D eigenvalue weighted by Crippen LogP contribution is -2.32. The van der Waals surface area contributed by atoms with Crippen molar-refractivity contribution in [3.8, 4) is 11.5 Å². The second-order valence-corrected chi connectivity index (χ2v) is 8.81. The normalized spacial score (nSPS) is 16.3. The van der Waals surface area contributed by atoms with E-state index in [0.29, 0.717) is 24.6 Å². The number of imidazole rings is 2. The predicted molar refractivity (Wildman–Crippen MR) is 118 cm³/mol. The fourth-order valence-corrected chi connectivity index (χ4v) is 4.52. The van der Waals surface area contributed by atoms with E-state index in [1.54, 1.807) is 11.3 Å². The summed E-state index contributed by atoms with van der Waals surface area (Å²) in [6, 6.07) is 5.74. The molecule has 1 aliphatic rings. The molecule has 160 valence electrons. The molecule has 4 aromatic rings. The molecule has 31 heavy (non-hydrogen) atoms. The van der Waals surface area contributed by atoms with E-state index in [1.807, 2.05) is 48.8 Å². The van der Waals surface area contributed by atoms with Crippen molar-refractivity contribution in [2.75, 3.05) is 13.2 Å². The molecule has 5 rings (SSSR count). The highest BCUT2D eigenvalue weighted by Gasteiger charge is 2.22. The van der Waals surface area contributed by atoms with Gasteiger partial charge in [0.05, 0.1) is 28.9 Å². The van der Waals surface area contributed by atoms with E-state index in [4.69, 9.17) is 14.7 Å². The highest BCUT2D eigenvalue weighted by molar-refractivity contribution is 7.09. The van der Waals surface area contributed by atoms with E-state index >= 15 is 0 Å². The van der Waals surface area contributed by atoms with Crippen molar-refractivity contribution in [1.29, 1.82) is 0 Å². The zero-order valence-corrected chi connectivity index (χ0v) is 18.4. The molecule has 1 atom stereocenters. The van der Waals surface area contributed by atoms with Crippen LogP contribution in [-0.2, 0) is 11.3 Å². The number of amides is 1. The van der Waals surface area contributed by atoms with E-state index in [-0.39, 0.29) is 12.0 Å². The second-order valence-electron chi connectivity index (χ2n) is 7.74. The third-order valence-electron chi connectivity index (χ3n) is 5.48. The fourth-order valence-electron chi connectivity index (χ4n) is 3.91. The van der Waals surface area contributed by atoms with Crippen molar-refractivity contribution in [2.45, 2.75) is 39.3 Å². The summed E-state index contributed by atoms with van der Waals surface area (Å²) in [7, 11) is 0. The van der Waals surface area contributed by atoms with E-state index in [1.165, 1.54) is 0 Å². The standard InChI is InChI=1S/C22H24N6O2S/c1-14-24-18(12-27(14)11-16-13-31-15(2)25-16)21-26-20(19-7-3-4-8-28(19)21)22(29)23-10-17-6-5-9-30-17/h3-4,7-8,12-13,17H,5-6,9-11H2,1-2H3,(H,23,29)/t17-/m0/s1. The Morgan fingerprint density at radius 3 is 2.97 bits per heavy atom. The Hall–Kier alpha value is -3.04. The van der Waals surface area contributed by atoms with Crippen LogP contribution in [0.3, 0.4) is 0 Å². The number of nitrogens with one attached hydrogen (secondary N) is 1. The van der Waals surface area contributed by atoms with Crippen molar-refractivity contribution in [3.05, 3.63) is 58.2 Å². The van der Waals surface area contributed by atoms with Crippen molar-refractivity contribution >= 4 is 22.8 Å². The Kier molecular flexibility index (Phi) is 5.29. The molecule has 0 saturated carbocycles. The van der Waals surface area contributed by atoms with Crippen LogP contribution in [0, 0.1) is 13.8 Å². The van der Waals surface area contributed by atoms with Crippen molar-refractivity contribution in [3.63, 3.8) is 0 Å². The number of aromatic nitrogens is 5. The van der Waals surface area contributed by atoms with Gasteiger partial charge >= 0.3 is 0 Å². The molecule has 0 bridgehead atoms. The van der Waals surface area contributed by atoms with Gasteiger partial charge in [-0.3, -0.25) is 9.20 Å². The lowest BCUT2D eigenvalue weighted by atomic mass is 10.2. The number of carbonyl (C=O) groups excluding carboxylic acids is 1. The SMILES string of the molecule is Cc1nc(Cn2cc(-c3nc(C(=O)NC[C@@H]4CCCO4)c4ccccn34)nc2C)cs1. The first-order chi connectivity index (χ1) is 15.1. The molecule has 9 heteroatoms. The molecule has 0 unspecified atom stereocenters. The number of nitrogens with zero attached hydrogens (tertiary/aromatic N) is 5. The van der Waals surface area contributed by atoms with E-state index in [9.17, 15) is 4.79 Å². The molecule has 0 radical (unpaired) electrons. The van der Waals surface area contributed by atoms with Gasteiger partial charge in [0, 0.05) is 30.9 Å². The smallest absolute Gasteiger partial charge is 0.272 e. The Morgan fingerprint density at radius 1 is 1.29 bits per heavy atom. The molecule has 5 heterocycles. The van der Waals surface area contributed by atoms with E-state index in [0.717, 1.165) is 47.2 Å². The van der Waals surface area contributed by atoms with E-state index in [2.05, 4.69) is 20.2 Å². The molecule has 0 aromatic carbocycles. The highest BCUT2D eigenvalue weighted by atomic mass is 32.1. The Labute approximate surface area is 183 Å². The number of fused-ring (bicyclic) bond motifs is 1. The van der Waals surface area contributed by atoms with Gasteiger partial charge in [0.15, 0.2) is 11.5 Å². The van der Waals surface area contributed by atoms with Gasteiger partial charge in [-0.15, -0.1) is 11.3 Å². The van der Waals surface area contributed by atoms with Gasteiger partial charge in [0.2, 0.25) is 0 Å². The molecule has 8 nitrogen and oxygen atoms in total. The highest BCUT2D eigenvalue weighted by Crippen LogP contribution is 2.23.